The number of carbonyl (C=O) groups excluding carboxylic acids is 1. The van der Waals surface area contributed by atoms with Crippen LogP contribution in [0.15, 0.2) is 41.1 Å². The van der Waals surface area contributed by atoms with Gasteiger partial charge >= 0.3 is 12.2 Å². The van der Waals surface area contributed by atoms with Crippen molar-refractivity contribution in [2.24, 2.45) is 5.16 Å². The minimum Gasteiger partial charge on any atom is -0.453 e. The summed E-state index contributed by atoms with van der Waals surface area (Å²) in [5.74, 6) is -1.59. The van der Waals surface area contributed by atoms with Crippen LogP contribution in [-0.4, -0.2) is 51.2 Å². The standard InChI is InChI=1S/C24H20F5N5O3S/c25-15-2-1-3-16(26)21(15)19-8-17(33-37-19)18-12-38-22(32-18)13-4-6-34(7-5-13)20(35)11-36-23-30-9-14(10-31-23)24(27,28)29/h1-3,9-10,12-13,19H,4-8,11H2. The summed E-state index contributed by atoms with van der Waals surface area (Å²) in [6, 6.07) is 3.33. The number of hydrogen-bond donors (Lipinski definition) is 0. The summed E-state index contributed by atoms with van der Waals surface area (Å²) in [6.45, 7) is 0.518. The van der Waals surface area contributed by atoms with Gasteiger partial charge in [-0.05, 0) is 25.0 Å². The number of alkyl halides is 3. The predicted molar refractivity (Wildman–Crippen MR) is 125 cm³/mol. The molecule has 1 atom stereocenters. The van der Waals surface area contributed by atoms with Crippen molar-refractivity contribution in [1.29, 1.82) is 0 Å². The molecular formula is C24H20F5N5O3S. The van der Waals surface area contributed by atoms with E-state index in [9.17, 15) is 26.7 Å². The Morgan fingerprint density at radius 3 is 2.47 bits per heavy atom. The quantitative estimate of drug-likeness (QED) is 0.405. The first-order valence-corrected chi connectivity index (χ1v) is 12.5. The maximum atomic E-state index is 14.1. The third-order valence-corrected chi connectivity index (χ3v) is 7.29. The average Bonchev–Trinajstić information content (AvgIpc) is 3.57. The van der Waals surface area contributed by atoms with E-state index in [1.165, 1.54) is 29.5 Å². The zero-order valence-electron chi connectivity index (χ0n) is 19.6. The van der Waals surface area contributed by atoms with Crippen LogP contribution in [0.5, 0.6) is 6.01 Å². The summed E-state index contributed by atoms with van der Waals surface area (Å²) in [4.78, 5) is 31.0. The van der Waals surface area contributed by atoms with E-state index in [1.807, 2.05) is 5.38 Å². The van der Waals surface area contributed by atoms with E-state index in [4.69, 9.17) is 9.57 Å². The lowest BCUT2D eigenvalue weighted by Gasteiger charge is -2.31. The summed E-state index contributed by atoms with van der Waals surface area (Å²) in [5, 5.41) is 6.69. The van der Waals surface area contributed by atoms with Crippen LogP contribution in [0, 0.1) is 11.6 Å². The smallest absolute Gasteiger partial charge is 0.419 e. The number of hydrogen-bond acceptors (Lipinski definition) is 8. The number of benzene rings is 1. The van der Waals surface area contributed by atoms with Gasteiger partial charge < -0.3 is 14.5 Å². The van der Waals surface area contributed by atoms with Gasteiger partial charge in [-0.2, -0.15) is 13.2 Å². The van der Waals surface area contributed by atoms with Gasteiger partial charge in [0, 0.05) is 43.2 Å². The van der Waals surface area contributed by atoms with Gasteiger partial charge in [0.2, 0.25) is 0 Å². The predicted octanol–water partition coefficient (Wildman–Crippen LogP) is 4.88. The fourth-order valence-corrected chi connectivity index (χ4v) is 5.24. The molecule has 2 aliphatic heterocycles. The number of oxime groups is 1. The van der Waals surface area contributed by atoms with Crippen molar-refractivity contribution in [3.8, 4) is 6.01 Å². The second-order valence-electron chi connectivity index (χ2n) is 8.74. The number of carbonyl (C=O) groups is 1. The summed E-state index contributed by atoms with van der Waals surface area (Å²) in [5.41, 5.74) is -0.0642. The molecule has 0 bridgehead atoms. The fourth-order valence-electron chi connectivity index (χ4n) is 4.24. The Kier molecular flexibility index (Phi) is 7.23. The molecule has 0 N–H and O–H groups in total. The Labute approximate surface area is 217 Å². The first-order valence-electron chi connectivity index (χ1n) is 11.6. The van der Waals surface area contributed by atoms with Crippen LogP contribution in [0.3, 0.4) is 0 Å². The highest BCUT2D eigenvalue weighted by Crippen LogP contribution is 2.35. The molecule has 4 heterocycles. The SMILES string of the molecule is O=C(COc1ncc(C(F)(F)F)cn1)N1CCC(c2nc(C3=NOC(c4c(F)cccc4F)C3)cs2)CC1. The summed E-state index contributed by atoms with van der Waals surface area (Å²) >= 11 is 1.45. The molecule has 14 heteroatoms. The Bertz CT molecular complexity index is 1320. The second-order valence-corrected chi connectivity index (χ2v) is 9.63. The van der Waals surface area contributed by atoms with Crippen molar-refractivity contribution in [3.05, 3.63) is 69.4 Å². The van der Waals surface area contributed by atoms with Crippen LogP contribution in [0.4, 0.5) is 22.0 Å². The van der Waals surface area contributed by atoms with E-state index in [2.05, 4.69) is 20.1 Å². The van der Waals surface area contributed by atoms with Crippen molar-refractivity contribution in [3.63, 3.8) is 0 Å². The van der Waals surface area contributed by atoms with E-state index in [0.717, 1.165) is 5.01 Å². The maximum absolute atomic E-state index is 14.1. The van der Waals surface area contributed by atoms with Crippen molar-refractivity contribution in [2.75, 3.05) is 19.7 Å². The number of likely N-dealkylation sites (tertiary alicyclic amines) is 1. The molecule has 0 radical (unpaired) electrons. The van der Waals surface area contributed by atoms with E-state index in [-0.39, 0.29) is 36.4 Å². The van der Waals surface area contributed by atoms with Crippen LogP contribution in [0.1, 0.15) is 53.1 Å². The molecular weight excluding hydrogens is 533 g/mol. The molecule has 2 aromatic heterocycles. The topological polar surface area (TPSA) is 89.8 Å². The second kappa shape index (κ2) is 10.6. The van der Waals surface area contributed by atoms with Gasteiger partial charge in [0.1, 0.15) is 17.3 Å². The molecule has 5 rings (SSSR count). The number of nitrogens with zero attached hydrogens (tertiary/aromatic N) is 5. The highest BCUT2D eigenvalue weighted by molar-refractivity contribution is 7.10. The maximum Gasteiger partial charge on any atom is 0.419 e. The summed E-state index contributed by atoms with van der Waals surface area (Å²) in [6.07, 6.45) is -2.72. The molecule has 3 aromatic rings. The molecule has 1 fully saturated rings. The van der Waals surface area contributed by atoms with Gasteiger partial charge in [-0.25, -0.2) is 23.7 Å². The van der Waals surface area contributed by atoms with E-state index >= 15 is 0 Å². The van der Waals surface area contributed by atoms with Crippen LogP contribution in [0.2, 0.25) is 0 Å². The van der Waals surface area contributed by atoms with Gasteiger partial charge in [0.05, 0.1) is 21.8 Å². The number of halogens is 5. The molecule has 1 unspecified atom stereocenters. The number of piperidine rings is 1. The molecule has 8 nitrogen and oxygen atoms in total. The Balaban J connectivity index is 1.11. The van der Waals surface area contributed by atoms with Gasteiger partial charge in [-0.1, -0.05) is 11.2 Å². The molecule has 38 heavy (non-hydrogen) atoms. The lowest BCUT2D eigenvalue weighted by atomic mass is 9.97. The van der Waals surface area contributed by atoms with Crippen molar-refractivity contribution in [2.45, 2.75) is 37.5 Å². The zero-order valence-corrected chi connectivity index (χ0v) is 20.4. The fraction of sp³-hybridized carbons (Fsp3) is 0.375. The Hall–Kier alpha value is -3.68. The third-order valence-electron chi connectivity index (χ3n) is 6.29. The largest absolute Gasteiger partial charge is 0.453 e. The molecule has 0 spiro atoms. The molecule has 0 saturated carbocycles. The van der Waals surface area contributed by atoms with Gasteiger partial charge in [-0.15, -0.1) is 11.3 Å². The first-order chi connectivity index (χ1) is 18.2. The van der Waals surface area contributed by atoms with Gasteiger partial charge in [0.15, 0.2) is 12.7 Å². The third kappa shape index (κ3) is 5.59. The van der Waals surface area contributed by atoms with Crippen LogP contribution in [0.25, 0.3) is 0 Å². The minimum atomic E-state index is -4.56. The van der Waals surface area contributed by atoms with Gasteiger partial charge in [-0.3, -0.25) is 4.79 Å². The summed E-state index contributed by atoms with van der Waals surface area (Å²) in [7, 11) is 0. The van der Waals surface area contributed by atoms with E-state index in [1.54, 1.807) is 4.90 Å². The molecule has 1 saturated heterocycles. The van der Waals surface area contributed by atoms with Crippen molar-refractivity contribution in [1.82, 2.24) is 19.9 Å². The molecule has 1 aromatic carbocycles. The lowest BCUT2D eigenvalue weighted by Crippen LogP contribution is -2.40. The highest BCUT2D eigenvalue weighted by Gasteiger charge is 2.33. The average molecular weight is 554 g/mol. The van der Waals surface area contributed by atoms with Gasteiger partial charge in [0.25, 0.3) is 5.91 Å². The monoisotopic (exact) mass is 553 g/mol. The zero-order chi connectivity index (χ0) is 26.9. The number of amides is 1. The molecule has 200 valence electrons. The molecule has 0 aliphatic carbocycles. The van der Waals surface area contributed by atoms with Crippen LogP contribution in [-0.2, 0) is 15.8 Å². The minimum absolute atomic E-state index is 0.111. The Morgan fingerprint density at radius 2 is 1.82 bits per heavy atom. The summed E-state index contributed by atoms with van der Waals surface area (Å²) < 4.78 is 71.1. The highest BCUT2D eigenvalue weighted by atomic mass is 32.1. The molecule has 1 amide bonds. The van der Waals surface area contributed by atoms with E-state index < -0.39 is 29.5 Å². The normalized spacial score (nSPS) is 18.3. The Morgan fingerprint density at radius 1 is 1.13 bits per heavy atom. The number of rotatable bonds is 6. The number of thiazole rings is 1. The van der Waals surface area contributed by atoms with Crippen LogP contribution < -0.4 is 4.74 Å². The lowest BCUT2D eigenvalue weighted by molar-refractivity contribution is -0.138. The number of ether oxygens (including phenoxy) is 1. The van der Waals surface area contributed by atoms with E-state index in [0.29, 0.717) is 49.7 Å². The van der Waals surface area contributed by atoms with Crippen LogP contribution >= 0.6 is 11.3 Å². The first kappa shape index (κ1) is 25.9. The molecule has 2 aliphatic rings. The van der Waals surface area contributed by atoms with Crippen molar-refractivity contribution >= 4 is 23.0 Å². The number of aromatic nitrogens is 3. The van der Waals surface area contributed by atoms with Crippen molar-refractivity contribution < 1.29 is 36.3 Å².